The fourth-order valence-corrected chi connectivity index (χ4v) is 2.89. The number of carbonyl (C=O) groups excluding carboxylic acids is 1. The molecule has 1 aromatic heterocycles. The van der Waals surface area contributed by atoms with E-state index in [1.165, 1.54) is 16.8 Å². The van der Waals surface area contributed by atoms with E-state index in [4.69, 9.17) is 10.6 Å². The third-order valence-corrected chi connectivity index (χ3v) is 4.54. The number of thioether (sulfide) groups is 1. The third-order valence-electron chi connectivity index (χ3n) is 3.59. The molecular weight excluding hydrogens is 369 g/mol. The van der Waals surface area contributed by atoms with E-state index in [9.17, 15) is 9.18 Å². The average molecular weight is 387 g/mol. The van der Waals surface area contributed by atoms with Gasteiger partial charge in [0.2, 0.25) is 11.1 Å². The molecule has 0 fully saturated rings. The van der Waals surface area contributed by atoms with Crippen LogP contribution in [-0.2, 0) is 17.9 Å². The lowest BCUT2D eigenvalue weighted by molar-refractivity contribution is -0.118. The van der Waals surface area contributed by atoms with Gasteiger partial charge in [-0.15, -0.1) is 10.2 Å². The van der Waals surface area contributed by atoms with E-state index in [2.05, 4.69) is 15.5 Å². The van der Waals surface area contributed by atoms with Crippen molar-refractivity contribution in [3.8, 4) is 5.75 Å². The van der Waals surface area contributed by atoms with Gasteiger partial charge >= 0.3 is 0 Å². The summed E-state index contributed by atoms with van der Waals surface area (Å²) in [5.74, 6) is 5.89. The zero-order valence-corrected chi connectivity index (χ0v) is 15.2. The van der Waals surface area contributed by atoms with Crippen LogP contribution in [0.3, 0.4) is 0 Å². The number of aromatic nitrogens is 3. The molecule has 0 saturated carbocycles. The van der Waals surface area contributed by atoms with Crippen molar-refractivity contribution >= 4 is 17.7 Å². The van der Waals surface area contributed by atoms with E-state index >= 15 is 0 Å². The monoisotopic (exact) mass is 387 g/mol. The number of para-hydroxylation sites is 1. The van der Waals surface area contributed by atoms with Gasteiger partial charge in [0.15, 0.2) is 17.4 Å². The minimum absolute atomic E-state index is 0.0365. The van der Waals surface area contributed by atoms with E-state index in [-0.39, 0.29) is 24.0 Å². The summed E-state index contributed by atoms with van der Waals surface area (Å²) in [6, 6.07) is 15.7. The van der Waals surface area contributed by atoms with Crippen LogP contribution in [0.4, 0.5) is 4.39 Å². The number of ether oxygens (including phenoxy) is 1. The number of hydrogen-bond donors (Lipinski definition) is 2. The molecule has 7 nitrogen and oxygen atoms in total. The molecule has 3 aromatic rings. The molecule has 0 bridgehead atoms. The summed E-state index contributed by atoms with van der Waals surface area (Å²) >= 11 is 1.16. The lowest BCUT2D eigenvalue weighted by atomic mass is 10.2. The standard InChI is InChI=1S/C18H18FN5O2S/c19-14-8-4-5-9-15(14)26-11-16-22-23-18(24(16)20)27-12-17(25)21-10-13-6-2-1-3-7-13/h1-9H,10-12,20H2,(H,21,25). The average Bonchev–Trinajstić information content (AvgIpc) is 3.04. The Morgan fingerprint density at radius 1 is 1.15 bits per heavy atom. The Morgan fingerprint density at radius 3 is 2.67 bits per heavy atom. The fraction of sp³-hybridized carbons (Fsp3) is 0.167. The van der Waals surface area contributed by atoms with Crippen LogP contribution in [0.15, 0.2) is 59.8 Å². The van der Waals surface area contributed by atoms with Crippen LogP contribution in [0.5, 0.6) is 5.75 Å². The van der Waals surface area contributed by atoms with Crippen LogP contribution in [0, 0.1) is 5.82 Å². The van der Waals surface area contributed by atoms with Crippen molar-refractivity contribution in [1.82, 2.24) is 20.2 Å². The summed E-state index contributed by atoms with van der Waals surface area (Å²) in [6.07, 6.45) is 0. The third kappa shape index (κ3) is 5.20. The minimum atomic E-state index is -0.467. The number of benzene rings is 2. The Bertz CT molecular complexity index is 904. The molecule has 0 atom stereocenters. The Labute approximate surface area is 159 Å². The predicted octanol–water partition coefficient (Wildman–Crippen LogP) is 2.12. The van der Waals surface area contributed by atoms with Gasteiger partial charge in [0.05, 0.1) is 5.75 Å². The molecule has 0 aliphatic rings. The number of nitrogens with one attached hydrogen (secondary N) is 1. The van der Waals surface area contributed by atoms with Crippen LogP contribution in [0.2, 0.25) is 0 Å². The van der Waals surface area contributed by atoms with E-state index in [1.807, 2.05) is 30.3 Å². The lowest BCUT2D eigenvalue weighted by Crippen LogP contribution is -2.25. The summed E-state index contributed by atoms with van der Waals surface area (Å²) in [5.41, 5.74) is 1.02. The molecule has 0 spiro atoms. The summed E-state index contributed by atoms with van der Waals surface area (Å²) in [4.78, 5) is 12.0. The number of hydrogen-bond acceptors (Lipinski definition) is 6. The van der Waals surface area contributed by atoms with Crippen LogP contribution in [-0.4, -0.2) is 26.5 Å². The van der Waals surface area contributed by atoms with Crippen LogP contribution < -0.4 is 15.9 Å². The summed E-state index contributed by atoms with van der Waals surface area (Å²) in [7, 11) is 0. The van der Waals surface area contributed by atoms with Crippen molar-refractivity contribution in [2.45, 2.75) is 18.3 Å². The normalized spacial score (nSPS) is 10.6. The Morgan fingerprint density at radius 2 is 1.89 bits per heavy atom. The first-order valence-electron chi connectivity index (χ1n) is 8.13. The van der Waals surface area contributed by atoms with Crippen LogP contribution in [0.25, 0.3) is 0 Å². The van der Waals surface area contributed by atoms with E-state index in [1.54, 1.807) is 12.1 Å². The quantitative estimate of drug-likeness (QED) is 0.454. The molecule has 140 valence electrons. The Balaban J connectivity index is 1.48. The Kier molecular flexibility index (Phi) is 6.26. The second-order valence-electron chi connectivity index (χ2n) is 5.54. The maximum Gasteiger partial charge on any atom is 0.230 e. The van der Waals surface area contributed by atoms with Gasteiger partial charge in [-0.25, -0.2) is 9.07 Å². The predicted molar refractivity (Wildman–Crippen MR) is 99.9 cm³/mol. The number of rotatable bonds is 8. The van der Waals surface area contributed by atoms with Crippen molar-refractivity contribution < 1.29 is 13.9 Å². The molecule has 3 N–H and O–H groups in total. The lowest BCUT2D eigenvalue weighted by Gasteiger charge is -2.07. The van der Waals surface area contributed by atoms with Gasteiger partial charge in [0.25, 0.3) is 0 Å². The maximum absolute atomic E-state index is 13.6. The number of halogens is 1. The number of nitrogen functional groups attached to an aromatic ring is 1. The second-order valence-corrected chi connectivity index (χ2v) is 6.48. The summed E-state index contributed by atoms with van der Waals surface area (Å²) in [5, 5.41) is 11.1. The van der Waals surface area contributed by atoms with Crippen molar-refractivity contribution in [2.24, 2.45) is 0 Å². The highest BCUT2D eigenvalue weighted by Crippen LogP contribution is 2.18. The van der Waals surface area contributed by atoms with E-state index in [0.29, 0.717) is 17.5 Å². The first-order chi connectivity index (χ1) is 13.1. The minimum Gasteiger partial charge on any atom is -0.482 e. The van der Waals surface area contributed by atoms with Gasteiger partial charge in [-0.05, 0) is 17.7 Å². The topological polar surface area (TPSA) is 95.1 Å². The highest BCUT2D eigenvalue weighted by atomic mass is 32.2. The number of nitrogens with two attached hydrogens (primary N) is 1. The zero-order valence-electron chi connectivity index (χ0n) is 14.3. The van der Waals surface area contributed by atoms with Gasteiger partial charge in [-0.1, -0.05) is 54.2 Å². The van der Waals surface area contributed by atoms with Crippen LogP contribution in [0.1, 0.15) is 11.4 Å². The smallest absolute Gasteiger partial charge is 0.230 e. The van der Waals surface area contributed by atoms with E-state index < -0.39 is 5.82 Å². The molecular formula is C18H18FN5O2S. The first-order valence-corrected chi connectivity index (χ1v) is 9.12. The zero-order chi connectivity index (χ0) is 19.1. The van der Waals surface area contributed by atoms with Gasteiger partial charge < -0.3 is 15.9 Å². The SMILES string of the molecule is Nn1c(COc2ccccc2F)nnc1SCC(=O)NCc1ccccc1. The highest BCUT2D eigenvalue weighted by molar-refractivity contribution is 7.99. The summed E-state index contributed by atoms with van der Waals surface area (Å²) < 4.78 is 20.2. The van der Waals surface area contributed by atoms with E-state index in [0.717, 1.165) is 17.3 Å². The molecule has 1 amide bonds. The molecule has 0 aliphatic carbocycles. The molecule has 0 aliphatic heterocycles. The number of nitrogens with zero attached hydrogens (tertiary/aromatic N) is 3. The van der Waals surface area contributed by atoms with Gasteiger partial charge in [-0.3, -0.25) is 4.79 Å². The number of carbonyl (C=O) groups is 1. The first kappa shape index (κ1) is 18.7. The molecule has 0 radical (unpaired) electrons. The van der Waals surface area contributed by atoms with Crippen molar-refractivity contribution in [3.63, 3.8) is 0 Å². The largest absolute Gasteiger partial charge is 0.482 e. The highest BCUT2D eigenvalue weighted by Gasteiger charge is 2.13. The fourth-order valence-electron chi connectivity index (χ4n) is 2.19. The summed E-state index contributed by atoms with van der Waals surface area (Å²) in [6.45, 7) is 0.419. The van der Waals surface area contributed by atoms with Gasteiger partial charge in [0.1, 0.15) is 6.61 Å². The van der Waals surface area contributed by atoms with Crippen molar-refractivity contribution in [1.29, 1.82) is 0 Å². The maximum atomic E-state index is 13.6. The second kappa shape index (κ2) is 9.04. The van der Waals surface area contributed by atoms with Crippen molar-refractivity contribution in [3.05, 3.63) is 71.8 Å². The number of amides is 1. The van der Waals surface area contributed by atoms with Gasteiger partial charge in [-0.2, -0.15) is 0 Å². The molecule has 1 heterocycles. The van der Waals surface area contributed by atoms with Crippen molar-refractivity contribution in [2.75, 3.05) is 11.6 Å². The van der Waals surface area contributed by atoms with Gasteiger partial charge in [0, 0.05) is 6.54 Å². The Hall–Kier alpha value is -3.07. The molecule has 0 saturated heterocycles. The molecule has 27 heavy (non-hydrogen) atoms. The molecule has 9 heteroatoms. The molecule has 2 aromatic carbocycles. The molecule has 3 rings (SSSR count). The molecule has 0 unspecified atom stereocenters. The van der Waals surface area contributed by atoms with Crippen LogP contribution >= 0.6 is 11.8 Å².